The topological polar surface area (TPSA) is 68.3 Å². The fraction of sp³-hybridized carbons (Fsp3) is 0.0417. The van der Waals surface area contributed by atoms with E-state index >= 15 is 0 Å². The smallest absolute Gasteiger partial charge is 0.350 e. The molecule has 0 saturated carbocycles. The molecular formula is C24H16N2O3S2. The molecule has 1 amide bonds. The summed E-state index contributed by atoms with van der Waals surface area (Å²) in [5, 5.41) is 6.51. The SMILES string of the molecule is COC(=O)c1sc2ccccc2c1NC(=O)c1cc(-c2cccs2)nc2ccccc12. The average molecular weight is 445 g/mol. The Labute approximate surface area is 185 Å². The number of hydrogen-bond acceptors (Lipinski definition) is 6. The van der Waals surface area contributed by atoms with Gasteiger partial charge in [0.1, 0.15) is 4.88 Å². The molecule has 1 N–H and O–H groups in total. The van der Waals surface area contributed by atoms with Gasteiger partial charge in [-0.25, -0.2) is 9.78 Å². The number of anilines is 1. The van der Waals surface area contributed by atoms with Gasteiger partial charge < -0.3 is 10.1 Å². The number of nitrogens with one attached hydrogen (secondary N) is 1. The zero-order valence-corrected chi connectivity index (χ0v) is 18.0. The van der Waals surface area contributed by atoms with E-state index in [-0.39, 0.29) is 5.91 Å². The van der Waals surface area contributed by atoms with E-state index in [9.17, 15) is 9.59 Å². The van der Waals surface area contributed by atoms with Crippen LogP contribution in [-0.4, -0.2) is 24.0 Å². The van der Waals surface area contributed by atoms with E-state index in [1.165, 1.54) is 18.4 Å². The van der Waals surface area contributed by atoms with Crippen LogP contribution in [0.3, 0.4) is 0 Å². The second-order valence-corrected chi connectivity index (χ2v) is 8.80. The first-order valence-electron chi connectivity index (χ1n) is 9.50. The molecule has 2 aromatic carbocycles. The van der Waals surface area contributed by atoms with Crippen LogP contribution in [0, 0.1) is 0 Å². The molecule has 3 heterocycles. The summed E-state index contributed by atoms with van der Waals surface area (Å²) in [6.45, 7) is 0. The van der Waals surface area contributed by atoms with E-state index in [0.29, 0.717) is 16.1 Å². The van der Waals surface area contributed by atoms with Crippen LogP contribution < -0.4 is 5.32 Å². The largest absolute Gasteiger partial charge is 0.465 e. The quantitative estimate of drug-likeness (QED) is 0.334. The number of pyridine rings is 1. The van der Waals surface area contributed by atoms with E-state index in [2.05, 4.69) is 5.32 Å². The maximum absolute atomic E-state index is 13.5. The van der Waals surface area contributed by atoms with Gasteiger partial charge in [0.2, 0.25) is 0 Å². The molecule has 0 aliphatic carbocycles. The van der Waals surface area contributed by atoms with Crippen LogP contribution in [0.2, 0.25) is 0 Å². The van der Waals surface area contributed by atoms with Crippen molar-refractivity contribution in [2.45, 2.75) is 0 Å². The van der Waals surface area contributed by atoms with E-state index in [1.54, 1.807) is 17.4 Å². The Morgan fingerprint density at radius 3 is 2.52 bits per heavy atom. The number of hydrogen-bond donors (Lipinski definition) is 1. The van der Waals surface area contributed by atoms with E-state index in [1.807, 2.05) is 66.0 Å². The molecule has 0 atom stereocenters. The first-order chi connectivity index (χ1) is 15.2. The number of rotatable bonds is 4. The Morgan fingerprint density at radius 1 is 0.968 bits per heavy atom. The van der Waals surface area contributed by atoms with Crippen LogP contribution in [-0.2, 0) is 4.74 Å². The lowest BCUT2D eigenvalue weighted by Gasteiger charge is -2.11. The highest BCUT2D eigenvalue weighted by Crippen LogP contribution is 2.37. The number of aromatic nitrogens is 1. The molecule has 152 valence electrons. The van der Waals surface area contributed by atoms with Crippen molar-refractivity contribution in [3.63, 3.8) is 0 Å². The maximum Gasteiger partial charge on any atom is 0.350 e. The summed E-state index contributed by atoms with van der Waals surface area (Å²) in [5.74, 6) is -0.777. The number of nitrogens with zero attached hydrogens (tertiary/aromatic N) is 1. The molecule has 31 heavy (non-hydrogen) atoms. The highest BCUT2D eigenvalue weighted by Gasteiger charge is 2.22. The Balaban J connectivity index is 1.64. The van der Waals surface area contributed by atoms with Crippen molar-refractivity contribution < 1.29 is 14.3 Å². The standard InChI is InChI=1S/C24H16N2O3S2/c1-29-24(28)22-21(15-8-3-5-10-19(15)31-22)26-23(27)16-13-18(20-11-6-12-30-20)25-17-9-4-2-7-14(16)17/h2-13H,1H3,(H,26,27). The van der Waals surface area contributed by atoms with Crippen LogP contribution in [0.5, 0.6) is 0 Å². The molecule has 0 spiro atoms. The number of thiophene rings is 2. The Hall–Kier alpha value is -3.55. The molecule has 5 rings (SSSR count). The lowest BCUT2D eigenvalue weighted by atomic mass is 10.1. The number of ether oxygens (including phenoxy) is 1. The van der Waals surface area contributed by atoms with Crippen LogP contribution in [0.25, 0.3) is 31.6 Å². The van der Waals surface area contributed by atoms with Crippen LogP contribution >= 0.6 is 22.7 Å². The van der Waals surface area contributed by atoms with Gasteiger partial charge in [0.25, 0.3) is 5.91 Å². The first-order valence-corrected chi connectivity index (χ1v) is 11.2. The van der Waals surface area contributed by atoms with Crippen molar-refractivity contribution in [2.24, 2.45) is 0 Å². The fourth-order valence-electron chi connectivity index (χ4n) is 3.50. The summed E-state index contributed by atoms with van der Waals surface area (Å²) in [4.78, 5) is 31.9. The van der Waals surface area contributed by atoms with E-state index in [4.69, 9.17) is 9.72 Å². The van der Waals surface area contributed by atoms with Crippen molar-refractivity contribution in [3.05, 3.63) is 82.6 Å². The van der Waals surface area contributed by atoms with E-state index < -0.39 is 5.97 Å². The second-order valence-electron chi connectivity index (χ2n) is 6.80. The van der Waals surface area contributed by atoms with Gasteiger partial charge in [0.05, 0.1) is 34.4 Å². The number of esters is 1. The molecule has 0 radical (unpaired) electrons. The van der Waals surface area contributed by atoms with Crippen molar-refractivity contribution in [2.75, 3.05) is 12.4 Å². The third-order valence-corrected chi connectivity index (χ3v) is 6.98. The third kappa shape index (κ3) is 3.48. The Bertz CT molecular complexity index is 1440. The molecular weight excluding hydrogens is 428 g/mol. The van der Waals surface area contributed by atoms with Crippen LogP contribution in [0.4, 0.5) is 5.69 Å². The van der Waals surface area contributed by atoms with Gasteiger partial charge in [-0.3, -0.25) is 4.79 Å². The predicted octanol–water partition coefficient (Wildman–Crippen LogP) is 6.22. The van der Waals surface area contributed by atoms with Gasteiger partial charge in [0.15, 0.2) is 0 Å². The van der Waals surface area contributed by atoms with Crippen molar-refractivity contribution in [3.8, 4) is 10.6 Å². The van der Waals surface area contributed by atoms with Crippen molar-refractivity contribution >= 4 is 61.2 Å². The molecule has 0 aliphatic heterocycles. The minimum absolute atomic E-state index is 0.301. The minimum atomic E-state index is -0.477. The highest BCUT2D eigenvalue weighted by molar-refractivity contribution is 7.21. The Morgan fingerprint density at radius 2 is 1.74 bits per heavy atom. The molecule has 0 bridgehead atoms. The zero-order chi connectivity index (χ0) is 21.4. The molecule has 3 aromatic heterocycles. The monoisotopic (exact) mass is 444 g/mol. The molecule has 0 fully saturated rings. The predicted molar refractivity (Wildman–Crippen MR) is 126 cm³/mol. The highest BCUT2D eigenvalue weighted by atomic mass is 32.1. The fourth-order valence-corrected chi connectivity index (χ4v) is 5.26. The number of methoxy groups -OCH3 is 1. The lowest BCUT2D eigenvalue weighted by Crippen LogP contribution is -2.15. The van der Waals surface area contributed by atoms with Gasteiger partial charge in [-0.2, -0.15) is 0 Å². The molecule has 5 nitrogen and oxygen atoms in total. The second kappa shape index (κ2) is 7.94. The maximum atomic E-state index is 13.5. The van der Waals surface area contributed by atoms with Gasteiger partial charge in [0, 0.05) is 15.5 Å². The molecule has 0 saturated heterocycles. The van der Waals surface area contributed by atoms with Gasteiger partial charge in [-0.1, -0.05) is 42.5 Å². The van der Waals surface area contributed by atoms with E-state index in [0.717, 1.165) is 31.6 Å². The number of benzene rings is 2. The summed E-state index contributed by atoms with van der Waals surface area (Å²) < 4.78 is 5.84. The summed E-state index contributed by atoms with van der Waals surface area (Å²) in [6, 6.07) is 20.9. The summed E-state index contributed by atoms with van der Waals surface area (Å²) >= 11 is 2.87. The number of amides is 1. The summed E-state index contributed by atoms with van der Waals surface area (Å²) in [7, 11) is 1.34. The molecule has 5 aromatic rings. The molecule has 0 aliphatic rings. The number of carbonyl (C=O) groups excluding carboxylic acids is 2. The summed E-state index contributed by atoms with van der Waals surface area (Å²) in [6.07, 6.45) is 0. The number of carbonyl (C=O) groups is 2. The zero-order valence-electron chi connectivity index (χ0n) is 16.4. The van der Waals surface area contributed by atoms with Crippen LogP contribution in [0.1, 0.15) is 20.0 Å². The number of para-hydroxylation sites is 1. The normalized spacial score (nSPS) is 11.0. The Kier molecular flexibility index (Phi) is 4.97. The third-order valence-electron chi connectivity index (χ3n) is 4.94. The first kappa shape index (κ1) is 19.4. The van der Waals surface area contributed by atoms with Crippen molar-refractivity contribution in [1.82, 2.24) is 4.98 Å². The van der Waals surface area contributed by atoms with Gasteiger partial charge in [-0.15, -0.1) is 22.7 Å². The van der Waals surface area contributed by atoms with Crippen LogP contribution in [0.15, 0.2) is 72.1 Å². The summed E-state index contributed by atoms with van der Waals surface area (Å²) in [5.41, 5.74) is 2.44. The molecule has 0 unspecified atom stereocenters. The lowest BCUT2D eigenvalue weighted by molar-refractivity contribution is 0.0607. The average Bonchev–Trinajstić information content (AvgIpc) is 3.47. The molecule has 7 heteroatoms. The van der Waals surface area contributed by atoms with Gasteiger partial charge in [-0.05, 0) is 29.6 Å². The minimum Gasteiger partial charge on any atom is -0.465 e. The number of fused-ring (bicyclic) bond motifs is 2. The van der Waals surface area contributed by atoms with Crippen molar-refractivity contribution in [1.29, 1.82) is 0 Å². The van der Waals surface area contributed by atoms with Gasteiger partial charge >= 0.3 is 5.97 Å².